The normalized spacial score (nSPS) is 21.5. The Bertz CT molecular complexity index is 1340. The molecule has 1 saturated heterocycles. The van der Waals surface area contributed by atoms with Gasteiger partial charge in [0.1, 0.15) is 30.6 Å². The number of tetrazole rings is 1. The van der Waals surface area contributed by atoms with Crippen molar-refractivity contribution in [2.45, 2.75) is 62.0 Å². The fourth-order valence-electron chi connectivity index (χ4n) is 4.56. The van der Waals surface area contributed by atoms with E-state index in [-0.39, 0.29) is 59.7 Å². The van der Waals surface area contributed by atoms with Crippen molar-refractivity contribution in [3.63, 3.8) is 0 Å². The summed E-state index contributed by atoms with van der Waals surface area (Å²) in [6, 6.07) is -1.83. The zero-order chi connectivity index (χ0) is 28.2. The highest BCUT2D eigenvalue weighted by Gasteiger charge is 2.55. The average Bonchev–Trinajstić information content (AvgIpc) is 3.59. The highest BCUT2D eigenvalue weighted by atomic mass is 32.2. The van der Waals surface area contributed by atoms with Crippen molar-refractivity contribution < 1.29 is 34.2 Å². The average molecular weight is 595 g/mol. The summed E-state index contributed by atoms with van der Waals surface area (Å²) in [6.45, 7) is -0.0761. The van der Waals surface area contributed by atoms with E-state index in [0.29, 0.717) is 5.16 Å². The fraction of sp³-hybridized carbons (Fsp3) is 0.571. The smallest absolute Gasteiger partial charge is 0.356 e. The Labute approximate surface area is 234 Å². The van der Waals surface area contributed by atoms with Crippen molar-refractivity contribution in [2.75, 3.05) is 24.7 Å². The van der Waals surface area contributed by atoms with E-state index >= 15 is 0 Å². The second kappa shape index (κ2) is 12.1. The van der Waals surface area contributed by atoms with E-state index in [0.717, 1.165) is 60.3 Å². The lowest BCUT2D eigenvalue weighted by Crippen LogP contribution is -2.73. The first-order chi connectivity index (χ1) is 19.4. The Kier molecular flexibility index (Phi) is 8.40. The monoisotopic (exact) mass is 594 g/mol. The minimum Gasteiger partial charge on any atom is -0.492 e. The Morgan fingerprint density at radius 2 is 2.10 bits per heavy atom. The first kappa shape index (κ1) is 27.7. The van der Waals surface area contributed by atoms with Crippen molar-refractivity contribution in [3.05, 3.63) is 17.3 Å². The molecule has 2 amide bonds. The summed E-state index contributed by atoms with van der Waals surface area (Å²) >= 11 is 1.98. The number of hydrogen-bond donors (Lipinski definition) is 4. The van der Waals surface area contributed by atoms with Gasteiger partial charge in [0.2, 0.25) is 16.7 Å². The van der Waals surface area contributed by atoms with Crippen LogP contribution in [0.15, 0.2) is 21.8 Å². The molecule has 0 spiro atoms. The number of oxime groups is 1. The quantitative estimate of drug-likeness (QED) is 0.105. The molecule has 2 aromatic heterocycles. The number of fused-ring (bicyclic) bond motifs is 1. The molecule has 0 aromatic carbocycles. The molecule has 19 heteroatoms. The van der Waals surface area contributed by atoms with E-state index in [1.54, 1.807) is 0 Å². The number of hydrogen-bond acceptors (Lipinski definition) is 15. The number of thioether (sulfide) groups is 1. The Morgan fingerprint density at radius 1 is 1.30 bits per heavy atom. The first-order valence-electron chi connectivity index (χ1n) is 12.4. The molecule has 2 aliphatic heterocycles. The zero-order valence-electron chi connectivity index (χ0n) is 21.0. The van der Waals surface area contributed by atoms with Gasteiger partial charge in [-0.1, -0.05) is 23.3 Å². The third kappa shape index (κ3) is 5.70. The van der Waals surface area contributed by atoms with Crippen LogP contribution in [0, 0.1) is 0 Å². The van der Waals surface area contributed by atoms with Gasteiger partial charge in [0, 0.05) is 11.5 Å². The number of carboxylic acid groups (broad SMARTS) is 1. The van der Waals surface area contributed by atoms with Crippen molar-refractivity contribution in [1.82, 2.24) is 39.8 Å². The number of aromatic nitrogens is 6. The Morgan fingerprint density at radius 3 is 2.80 bits per heavy atom. The van der Waals surface area contributed by atoms with E-state index in [2.05, 4.69) is 35.4 Å². The van der Waals surface area contributed by atoms with Gasteiger partial charge < -0.3 is 30.8 Å². The summed E-state index contributed by atoms with van der Waals surface area (Å²) in [7, 11) is 0. The topological polar surface area (TPSA) is 233 Å². The molecule has 3 aliphatic rings. The van der Waals surface area contributed by atoms with Crippen LogP contribution in [0.4, 0.5) is 5.13 Å². The molecule has 2 aromatic rings. The number of rotatable bonds is 11. The molecule has 0 unspecified atom stereocenters. The number of anilines is 1. The summed E-state index contributed by atoms with van der Waals surface area (Å²) in [4.78, 5) is 49.2. The summed E-state index contributed by atoms with van der Waals surface area (Å²) in [5.74, 6) is -2.70. The molecule has 40 heavy (non-hydrogen) atoms. The van der Waals surface area contributed by atoms with Crippen LogP contribution >= 0.6 is 23.3 Å². The molecule has 17 nitrogen and oxygen atoms in total. The number of nitrogen functional groups attached to an aromatic ring is 1. The zero-order valence-corrected chi connectivity index (χ0v) is 22.6. The fourth-order valence-corrected chi connectivity index (χ4v) is 5.84. The SMILES string of the molecule is Nc1nc(/C(=N/OC2CCCCC2)C(=O)N[C@@H]2C(=O)N3C(C(=O)O)=C(CSc4nnnn4CCO)OC[C@H]23)ns1. The van der Waals surface area contributed by atoms with Crippen LogP contribution in [0.2, 0.25) is 0 Å². The van der Waals surface area contributed by atoms with Gasteiger partial charge in [0.15, 0.2) is 10.8 Å². The molecule has 0 bridgehead atoms. The van der Waals surface area contributed by atoms with Gasteiger partial charge in [-0.3, -0.25) is 14.5 Å². The third-order valence-corrected chi connectivity index (χ3v) is 8.00. The number of β-lactam (4-membered cyclic amide) rings is 1. The Balaban J connectivity index is 1.29. The van der Waals surface area contributed by atoms with Crippen LogP contribution in [0.5, 0.6) is 0 Å². The van der Waals surface area contributed by atoms with Gasteiger partial charge in [-0.15, -0.1) is 5.10 Å². The highest BCUT2D eigenvalue weighted by Crippen LogP contribution is 2.34. The van der Waals surface area contributed by atoms with Crippen molar-refractivity contribution in [2.24, 2.45) is 5.16 Å². The summed E-state index contributed by atoms with van der Waals surface area (Å²) < 4.78 is 11.1. The Hall–Kier alpha value is -3.84. The van der Waals surface area contributed by atoms with Gasteiger partial charge in [-0.05, 0) is 36.1 Å². The number of aliphatic carboxylic acids is 1. The van der Waals surface area contributed by atoms with Gasteiger partial charge in [-0.25, -0.2) is 9.48 Å². The second-order valence-corrected chi connectivity index (χ2v) is 10.8. The lowest BCUT2D eigenvalue weighted by Gasteiger charge is -2.49. The van der Waals surface area contributed by atoms with Crippen LogP contribution in [0.25, 0.3) is 0 Å². The predicted octanol–water partition coefficient (Wildman–Crippen LogP) is -1.03. The van der Waals surface area contributed by atoms with E-state index in [4.69, 9.17) is 20.4 Å². The third-order valence-electron chi connectivity index (χ3n) is 6.50. The number of carbonyl (C=O) groups excluding carboxylic acids is 2. The summed E-state index contributed by atoms with van der Waals surface area (Å²) in [6.07, 6.45) is 4.58. The number of aliphatic hydroxyl groups excluding tert-OH is 1. The molecule has 5 N–H and O–H groups in total. The maximum absolute atomic E-state index is 13.2. The largest absolute Gasteiger partial charge is 0.492 e. The number of carbonyl (C=O) groups is 3. The van der Waals surface area contributed by atoms with Crippen molar-refractivity contribution in [3.8, 4) is 0 Å². The van der Waals surface area contributed by atoms with Gasteiger partial charge in [0.25, 0.3) is 11.8 Å². The second-order valence-electron chi connectivity index (χ2n) is 9.07. The number of ether oxygens (including phenoxy) is 1. The van der Waals surface area contributed by atoms with Crippen LogP contribution < -0.4 is 11.1 Å². The van der Waals surface area contributed by atoms with E-state index in [9.17, 15) is 19.5 Å². The molecule has 1 saturated carbocycles. The summed E-state index contributed by atoms with van der Waals surface area (Å²) in [5, 5.41) is 37.3. The van der Waals surface area contributed by atoms with E-state index in [1.165, 1.54) is 4.68 Å². The predicted molar refractivity (Wildman–Crippen MR) is 138 cm³/mol. The summed E-state index contributed by atoms with van der Waals surface area (Å²) in [5.41, 5.74) is 5.14. The molecule has 0 radical (unpaired) electrons. The number of aliphatic hydroxyl groups is 1. The lowest BCUT2D eigenvalue weighted by atomic mass is 9.92. The van der Waals surface area contributed by atoms with Crippen LogP contribution in [-0.4, -0.2) is 105 Å². The number of nitrogens with one attached hydrogen (secondary N) is 1. The molecule has 214 valence electrons. The minimum absolute atomic E-state index is 0.0210. The molecule has 4 heterocycles. The standard InChI is InChI=1S/C21H26N10O7S2/c22-20-24-16(27-40-20)14(26-38-10-4-2-1-3-5-10)17(33)23-13-11-8-37-12(15(19(35)36)31(11)18(13)34)9-39-21-25-28-29-30(21)6-7-32/h10-11,13,32H,1-9H2,(H,23,33)(H,35,36)(H2,22,24,27)/b26-14-/t11-,13+/m1/s1. The molecular weight excluding hydrogens is 568 g/mol. The molecule has 1 aliphatic carbocycles. The molecule has 5 rings (SSSR count). The van der Waals surface area contributed by atoms with Gasteiger partial charge >= 0.3 is 5.97 Å². The van der Waals surface area contributed by atoms with Gasteiger partial charge in [-0.2, -0.15) is 9.36 Å². The van der Waals surface area contributed by atoms with Gasteiger partial charge in [0.05, 0.1) is 18.9 Å². The first-order valence-corrected chi connectivity index (χ1v) is 14.2. The van der Waals surface area contributed by atoms with E-state index in [1.807, 2.05) is 0 Å². The lowest BCUT2D eigenvalue weighted by molar-refractivity contribution is -0.160. The number of amides is 2. The number of carboxylic acids is 1. The van der Waals surface area contributed by atoms with Crippen molar-refractivity contribution in [1.29, 1.82) is 0 Å². The highest BCUT2D eigenvalue weighted by molar-refractivity contribution is 7.99. The maximum Gasteiger partial charge on any atom is 0.356 e. The number of nitrogens with two attached hydrogens (primary N) is 1. The van der Waals surface area contributed by atoms with Crippen LogP contribution in [0.1, 0.15) is 37.9 Å². The maximum atomic E-state index is 13.2. The minimum atomic E-state index is -1.36. The number of nitrogens with zero attached hydrogens (tertiary/aromatic N) is 8. The van der Waals surface area contributed by atoms with E-state index < -0.39 is 29.9 Å². The molecule has 2 atom stereocenters. The van der Waals surface area contributed by atoms with Crippen LogP contribution in [0.3, 0.4) is 0 Å². The molecule has 2 fully saturated rings. The van der Waals surface area contributed by atoms with Crippen molar-refractivity contribution >= 4 is 51.9 Å². The van der Waals surface area contributed by atoms with Crippen LogP contribution in [-0.2, 0) is 30.5 Å². The molecular formula is C21H26N10O7S2.